The number of rotatable bonds is 4. The van der Waals surface area contributed by atoms with Gasteiger partial charge in [-0.1, -0.05) is 12.1 Å². The fourth-order valence-electron chi connectivity index (χ4n) is 2.47. The SMILES string of the molecule is COCC1CCN(C(=O)Cc2ccc(F)cc2)CC1. The van der Waals surface area contributed by atoms with E-state index in [9.17, 15) is 9.18 Å². The zero-order chi connectivity index (χ0) is 13.7. The third-order valence-corrected chi connectivity index (χ3v) is 3.64. The molecule has 1 heterocycles. The molecule has 1 saturated heterocycles. The van der Waals surface area contributed by atoms with Crippen LogP contribution in [-0.2, 0) is 16.0 Å². The summed E-state index contributed by atoms with van der Waals surface area (Å²) in [6, 6.07) is 6.14. The molecule has 1 aliphatic rings. The highest BCUT2D eigenvalue weighted by Gasteiger charge is 2.22. The van der Waals surface area contributed by atoms with E-state index in [0.29, 0.717) is 12.3 Å². The number of carbonyl (C=O) groups is 1. The standard InChI is InChI=1S/C15H20FNO2/c1-19-11-13-6-8-17(9-7-13)15(18)10-12-2-4-14(16)5-3-12/h2-5,13H,6-11H2,1H3. The molecule has 104 valence electrons. The van der Waals surface area contributed by atoms with Gasteiger partial charge >= 0.3 is 0 Å². The van der Waals surface area contributed by atoms with E-state index in [2.05, 4.69) is 0 Å². The molecule has 1 aliphatic heterocycles. The Morgan fingerprint density at radius 1 is 1.32 bits per heavy atom. The Hall–Kier alpha value is -1.42. The zero-order valence-electron chi connectivity index (χ0n) is 11.3. The van der Waals surface area contributed by atoms with E-state index in [4.69, 9.17) is 4.74 Å². The number of benzene rings is 1. The van der Waals surface area contributed by atoms with E-state index in [-0.39, 0.29) is 11.7 Å². The lowest BCUT2D eigenvalue weighted by Crippen LogP contribution is -2.40. The average molecular weight is 265 g/mol. The van der Waals surface area contributed by atoms with Gasteiger partial charge < -0.3 is 9.64 Å². The van der Waals surface area contributed by atoms with Crippen molar-refractivity contribution in [1.82, 2.24) is 4.90 Å². The molecule has 0 N–H and O–H groups in total. The van der Waals surface area contributed by atoms with Crippen LogP contribution in [0.15, 0.2) is 24.3 Å². The summed E-state index contributed by atoms with van der Waals surface area (Å²) in [5.74, 6) is 0.430. The number of carbonyl (C=O) groups excluding carboxylic acids is 1. The summed E-state index contributed by atoms with van der Waals surface area (Å²) < 4.78 is 17.9. The van der Waals surface area contributed by atoms with Crippen LogP contribution < -0.4 is 0 Å². The molecule has 4 heteroatoms. The van der Waals surface area contributed by atoms with Crippen LogP contribution in [0.25, 0.3) is 0 Å². The van der Waals surface area contributed by atoms with Gasteiger partial charge in [-0.2, -0.15) is 0 Å². The third kappa shape index (κ3) is 4.03. The second kappa shape index (κ2) is 6.66. The predicted octanol–water partition coefficient (Wildman–Crippen LogP) is 2.25. The van der Waals surface area contributed by atoms with Gasteiger partial charge in [0.15, 0.2) is 0 Å². The molecule has 1 amide bonds. The van der Waals surface area contributed by atoms with E-state index < -0.39 is 0 Å². The Morgan fingerprint density at radius 3 is 2.53 bits per heavy atom. The van der Waals surface area contributed by atoms with Crippen LogP contribution in [0.4, 0.5) is 4.39 Å². The average Bonchev–Trinajstić information content (AvgIpc) is 2.42. The summed E-state index contributed by atoms with van der Waals surface area (Å²) in [6.07, 6.45) is 2.36. The molecular formula is C15H20FNO2. The van der Waals surface area contributed by atoms with Crippen molar-refractivity contribution in [1.29, 1.82) is 0 Å². The van der Waals surface area contributed by atoms with Crippen LogP contribution >= 0.6 is 0 Å². The Kier molecular flexibility index (Phi) is 4.91. The topological polar surface area (TPSA) is 29.5 Å². The quantitative estimate of drug-likeness (QED) is 0.835. The number of hydrogen-bond donors (Lipinski definition) is 0. The number of piperidine rings is 1. The van der Waals surface area contributed by atoms with Crippen LogP contribution in [-0.4, -0.2) is 37.6 Å². The molecule has 0 unspecified atom stereocenters. The van der Waals surface area contributed by atoms with Gasteiger partial charge in [-0.25, -0.2) is 4.39 Å². The van der Waals surface area contributed by atoms with Crippen LogP contribution in [0.5, 0.6) is 0 Å². The summed E-state index contributed by atoms with van der Waals surface area (Å²) in [5, 5.41) is 0. The Balaban J connectivity index is 1.83. The van der Waals surface area contributed by atoms with Crippen LogP contribution in [0.1, 0.15) is 18.4 Å². The molecule has 0 radical (unpaired) electrons. The number of halogens is 1. The summed E-state index contributed by atoms with van der Waals surface area (Å²) in [7, 11) is 1.71. The van der Waals surface area contributed by atoms with Gasteiger partial charge in [0.2, 0.25) is 5.91 Å². The first-order valence-corrected chi connectivity index (χ1v) is 6.70. The second-order valence-corrected chi connectivity index (χ2v) is 5.08. The molecule has 0 spiro atoms. The van der Waals surface area contributed by atoms with Crippen LogP contribution in [0.3, 0.4) is 0 Å². The van der Waals surface area contributed by atoms with E-state index >= 15 is 0 Å². The first-order valence-electron chi connectivity index (χ1n) is 6.70. The first kappa shape index (κ1) is 14.0. The van der Waals surface area contributed by atoms with Crippen molar-refractivity contribution in [2.24, 2.45) is 5.92 Å². The summed E-state index contributed by atoms with van der Waals surface area (Å²) in [6.45, 7) is 2.38. The molecular weight excluding hydrogens is 245 g/mol. The van der Waals surface area contributed by atoms with Gasteiger partial charge in [0.25, 0.3) is 0 Å². The van der Waals surface area contributed by atoms with E-state index in [1.54, 1.807) is 19.2 Å². The number of nitrogens with zero attached hydrogens (tertiary/aromatic N) is 1. The van der Waals surface area contributed by atoms with Gasteiger partial charge in [-0.05, 0) is 36.5 Å². The largest absolute Gasteiger partial charge is 0.384 e. The van der Waals surface area contributed by atoms with E-state index in [1.165, 1.54) is 12.1 Å². The number of methoxy groups -OCH3 is 1. The van der Waals surface area contributed by atoms with Gasteiger partial charge in [0, 0.05) is 26.8 Å². The number of hydrogen-bond acceptors (Lipinski definition) is 2. The van der Waals surface area contributed by atoms with E-state index in [0.717, 1.165) is 38.1 Å². The molecule has 1 aromatic carbocycles. The van der Waals surface area contributed by atoms with Crippen molar-refractivity contribution in [2.75, 3.05) is 26.8 Å². The van der Waals surface area contributed by atoms with Crippen molar-refractivity contribution >= 4 is 5.91 Å². The molecule has 0 aromatic heterocycles. The molecule has 2 rings (SSSR count). The third-order valence-electron chi connectivity index (χ3n) is 3.64. The highest BCUT2D eigenvalue weighted by Crippen LogP contribution is 2.18. The van der Waals surface area contributed by atoms with Crippen molar-refractivity contribution in [2.45, 2.75) is 19.3 Å². The molecule has 0 atom stereocenters. The molecule has 1 fully saturated rings. The maximum atomic E-state index is 12.8. The fourth-order valence-corrected chi connectivity index (χ4v) is 2.47. The number of ether oxygens (including phenoxy) is 1. The minimum Gasteiger partial charge on any atom is -0.384 e. The lowest BCUT2D eigenvalue weighted by Gasteiger charge is -2.31. The van der Waals surface area contributed by atoms with Crippen molar-refractivity contribution < 1.29 is 13.9 Å². The van der Waals surface area contributed by atoms with Gasteiger partial charge in [-0.15, -0.1) is 0 Å². The highest BCUT2D eigenvalue weighted by molar-refractivity contribution is 5.78. The molecule has 19 heavy (non-hydrogen) atoms. The Bertz CT molecular complexity index is 411. The summed E-state index contributed by atoms with van der Waals surface area (Å²) >= 11 is 0. The molecule has 1 aromatic rings. The van der Waals surface area contributed by atoms with Gasteiger partial charge in [0.05, 0.1) is 6.42 Å². The highest BCUT2D eigenvalue weighted by atomic mass is 19.1. The Morgan fingerprint density at radius 2 is 1.95 bits per heavy atom. The summed E-state index contributed by atoms with van der Waals surface area (Å²) in [5.41, 5.74) is 0.866. The van der Waals surface area contributed by atoms with Crippen LogP contribution in [0.2, 0.25) is 0 Å². The molecule has 0 saturated carbocycles. The lowest BCUT2D eigenvalue weighted by atomic mass is 9.97. The second-order valence-electron chi connectivity index (χ2n) is 5.08. The molecule has 0 aliphatic carbocycles. The van der Waals surface area contributed by atoms with Crippen molar-refractivity contribution in [3.8, 4) is 0 Å². The lowest BCUT2D eigenvalue weighted by molar-refractivity contribution is -0.132. The fraction of sp³-hybridized carbons (Fsp3) is 0.533. The first-order chi connectivity index (χ1) is 9.19. The molecule has 0 bridgehead atoms. The van der Waals surface area contributed by atoms with Gasteiger partial charge in [-0.3, -0.25) is 4.79 Å². The van der Waals surface area contributed by atoms with Gasteiger partial charge in [0.1, 0.15) is 5.82 Å². The normalized spacial score (nSPS) is 16.6. The maximum Gasteiger partial charge on any atom is 0.226 e. The van der Waals surface area contributed by atoms with E-state index in [1.807, 2.05) is 4.90 Å². The predicted molar refractivity (Wildman–Crippen MR) is 71.3 cm³/mol. The molecule has 3 nitrogen and oxygen atoms in total. The van der Waals surface area contributed by atoms with Crippen molar-refractivity contribution in [3.05, 3.63) is 35.6 Å². The Labute approximate surface area is 113 Å². The monoisotopic (exact) mass is 265 g/mol. The minimum absolute atomic E-state index is 0.127. The minimum atomic E-state index is -0.267. The summed E-state index contributed by atoms with van der Waals surface area (Å²) in [4.78, 5) is 14.0. The zero-order valence-corrected chi connectivity index (χ0v) is 11.3. The number of likely N-dealkylation sites (tertiary alicyclic amines) is 1. The number of amides is 1. The van der Waals surface area contributed by atoms with Crippen LogP contribution in [0, 0.1) is 11.7 Å². The maximum absolute atomic E-state index is 12.8. The van der Waals surface area contributed by atoms with Crippen molar-refractivity contribution in [3.63, 3.8) is 0 Å². The smallest absolute Gasteiger partial charge is 0.226 e.